The lowest BCUT2D eigenvalue weighted by molar-refractivity contribution is 0.459. The first kappa shape index (κ1) is 19.0. The molecule has 0 aliphatic rings. The number of benzene rings is 2. The van der Waals surface area contributed by atoms with E-state index in [1.54, 1.807) is 0 Å². The minimum Gasteiger partial charge on any atom is -0.443 e. The van der Waals surface area contributed by atoms with Crippen LogP contribution in [0.1, 0.15) is 58.2 Å². The molecule has 0 saturated heterocycles. The lowest BCUT2D eigenvalue weighted by Crippen LogP contribution is -2.20. The molecule has 1 atom stereocenters. The molecule has 2 aromatic carbocycles. The molecule has 1 unspecified atom stereocenters. The van der Waals surface area contributed by atoms with Gasteiger partial charge in [-0.3, -0.25) is 0 Å². The van der Waals surface area contributed by atoms with Gasteiger partial charge in [0.15, 0.2) is 0 Å². The van der Waals surface area contributed by atoms with Gasteiger partial charge in [0.25, 0.3) is 8.38 Å². The second-order valence-corrected chi connectivity index (χ2v) is 9.63. The van der Waals surface area contributed by atoms with Crippen LogP contribution in [0.4, 0.5) is 0 Å². The maximum Gasteiger partial charge on any atom is 0.262 e. The molecule has 0 fully saturated rings. The molecule has 3 heteroatoms. The van der Waals surface area contributed by atoms with Crippen LogP contribution in [0.25, 0.3) is 0 Å². The van der Waals surface area contributed by atoms with Gasteiger partial charge >= 0.3 is 0 Å². The summed E-state index contributed by atoms with van der Waals surface area (Å²) in [6, 6.07) is 14.0. The zero-order chi connectivity index (χ0) is 18.1. The average molecular weight is 344 g/mol. The summed E-state index contributed by atoms with van der Waals surface area (Å²) in [7, 11) is -1.69. The largest absolute Gasteiger partial charge is 0.443 e. The van der Waals surface area contributed by atoms with Crippen molar-refractivity contribution < 1.29 is 9.42 Å². The molecule has 0 aromatic heterocycles. The molecule has 0 spiro atoms. The second kappa shape index (κ2) is 6.86. The summed E-state index contributed by atoms with van der Waals surface area (Å²) in [5, 5.41) is 0.827. The van der Waals surface area contributed by atoms with E-state index in [0.717, 1.165) is 22.2 Å². The molecule has 0 heterocycles. The Morgan fingerprint density at radius 3 is 1.71 bits per heavy atom. The molecule has 1 N–H and O–H groups in total. The van der Waals surface area contributed by atoms with Gasteiger partial charge < -0.3 is 9.42 Å². The fraction of sp³-hybridized carbons (Fsp3) is 0.429. The van der Waals surface area contributed by atoms with E-state index in [-0.39, 0.29) is 10.8 Å². The molecule has 0 bridgehead atoms. The van der Waals surface area contributed by atoms with Gasteiger partial charge in [0.05, 0.1) is 0 Å². The molecular weight excluding hydrogens is 315 g/mol. The van der Waals surface area contributed by atoms with E-state index >= 15 is 0 Å². The van der Waals surface area contributed by atoms with Crippen molar-refractivity contribution in [2.24, 2.45) is 0 Å². The number of hydrogen-bond donors (Lipinski definition) is 1. The van der Waals surface area contributed by atoms with Gasteiger partial charge in [0.1, 0.15) is 5.75 Å². The Balaban J connectivity index is 2.57. The Labute approximate surface area is 147 Å². The lowest BCUT2D eigenvalue weighted by Gasteiger charge is -2.31. The first-order chi connectivity index (χ1) is 11.0. The standard InChI is InChI=1S/C21H29O2P/c1-15-13-17(20(2,3)4)19(18(14-15)21(5,6)7)23-24(22)16-11-9-8-10-12-16/h8-14,22H,1-7H3. The first-order valence-electron chi connectivity index (χ1n) is 8.38. The van der Waals surface area contributed by atoms with Crippen LogP contribution in [0, 0.1) is 6.92 Å². The van der Waals surface area contributed by atoms with Gasteiger partial charge in [-0.15, -0.1) is 0 Å². The predicted molar refractivity (Wildman–Crippen MR) is 104 cm³/mol. The van der Waals surface area contributed by atoms with Gasteiger partial charge in [-0.25, -0.2) is 0 Å². The van der Waals surface area contributed by atoms with Crippen molar-refractivity contribution in [2.75, 3.05) is 0 Å². The van der Waals surface area contributed by atoms with Crippen molar-refractivity contribution in [2.45, 2.75) is 59.3 Å². The summed E-state index contributed by atoms with van der Waals surface area (Å²) in [6.07, 6.45) is 0. The summed E-state index contributed by atoms with van der Waals surface area (Å²) in [4.78, 5) is 10.7. The molecule has 2 rings (SSSR count). The summed E-state index contributed by atoms with van der Waals surface area (Å²) >= 11 is 0. The van der Waals surface area contributed by atoms with E-state index in [9.17, 15) is 4.89 Å². The Kier molecular flexibility index (Phi) is 5.42. The Morgan fingerprint density at radius 2 is 1.29 bits per heavy atom. The van der Waals surface area contributed by atoms with Gasteiger partial charge in [0, 0.05) is 16.4 Å². The fourth-order valence-electron chi connectivity index (χ4n) is 2.68. The maximum absolute atomic E-state index is 10.7. The molecular formula is C21H29O2P. The van der Waals surface area contributed by atoms with Crippen LogP contribution in [0.2, 0.25) is 0 Å². The fourth-order valence-corrected chi connectivity index (χ4v) is 3.58. The smallest absolute Gasteiger partial charge is 0.262 e. The highest BCUT2D eigenvalue weighted by atomic mass is 31.2. The van der Waals surface area contributed by atoms with Crippen LogP contribution in [0.15, 0.2) is 42.5 Å². The average Bonchev–Trinajstić information content (AvgIpc) is 2.47. The Morgan fingerprint density at radius 1 is 0.833 bits per heavy atom. The van der Waals surface area contributed by atoms with E-state index in [2.05, 4.69) is 60.6 Å². The van der Waals surface area contributed by atoms with Crippen LogP contribution in [-0.2, 0) is 10.8 Å². The number of rotatable bonds is 3. The number of hydrogen-bond acceptors (Lipinski definition) is 2. The van der Waals surface area contributed by atoms with E-state index in [4.69, 9.17) is 4.52 Å². The molecule has 130 valence electrons. The van der Waals surface area contributed by atoms with Crippen molar-refractivity contribution in [3.63, 3.8) is 0 Å². The van der Waals surface area contributed by atoms with Crippen molar-refractivity contribution in [1.82, 2.24) is 0 Å². The molecule has 24 heavy (non-hydrogen) atoms. The van der Waals surface area contributed by atoms with Crippen molar-refractivity contribution in [3.8, 4) is 5.75 Å². The van der Waals surface area contributed by atoms with Crippen LogP contribution < -0.4 is 9.83 Å². The molecule has 0 saturated carbocycles. The highest BCUT2D eigenvalue weighted by Gasteiger charge is 2.29. The SMILES string of the molecule is Cc1cc(C(C)(C)C)c(OP(O)c2ccccc2)c(C(C)(C)C)c1. The molecule has 2 nitrogen and oxygen atoms in total. The molecule has 0 aliphatic carbocycles. The highest BCUT2D eigenvalue weighted by Crippen LogP contribution is 2.45. The molecule has 0 aliphatic heterocycles. The third kappa shape index (κ3) is 4.37. The van der Waals surface area contributed by atoms with E-state index in [1.165, 1.54) is 5.56 Å². The monoisotopic (exact) mass is 344 g/mol. The zero-order valence-electron chi connectivity index (χ0n) is 15.8. The van der Waals surface area contributed by atoms with Gasteiger partial charge in [-0.1, -0.05) is 77.4 Å². The first-order valence-corrected chi connectivity index (χ1v) is 9.59. The van der Waals surface area contributed by atoms with Crippen molar-refractivity contribution in [3.05, 3.63) is 59.2 Å². The Bertz CT molecular complexity index is 659. The van der Waals surface area contributed by atoms with E-state index < -0.39 is 8.38 Å². The van der Waals surface area contributed by atoms with Gasteiger partial charge in [-0.2, -0.15) is 0 Å². The quantitative estimate of drug-likeness (QED) is 0.735. The minimum absolute atomic E-state index is 0.0613. The third-order valence-electron chi connectivity index (χ3n) is 4.00. The normalized spacial score (nSPS) is 13.7. The van der Waals surface area contributed by atoms with E-state index in [1.807, 2.05) is 30.3 Å². The van der Waals surface area contributed by atoms with Crippen LogP contribution >= 0.6 is 8.38 Å². The van der Waals surface area contributed by atoms with Crippen LogP contribution in [-0.4, -0.2) is 4.89 Å². The van der Waals surface area contributed by atoms with Gasteiger partial charge in [0.2, 0.25) is 0 Å². The second-order valence-electron chi connectivity index (χ2n) is 8.39. The molecule has 0 amide bonds. The predicted octanol–water partition coefficient (Wildman–Crippen LogP) is 5.60. The summed E-state index contributed by atoms with van der Waals surface area (Å²) in [5.41, 5.74) is 3.39. The maximum atomic E-state index is 10.7. The van der Waals surface area contributed by atoms with E-state index in [0.29, 0.717) is 0 Å². The summed E-state index contributed by atoms with van der Waals surface area (Å²) in [5.74, 6) is 0.832. The molecule has 0 radical (unpaired) electrons. The molecule has 2 aromatic rings. The third-order valence-corrected chi connectivity index (χ3v) is 5.10. The zero-order valence-corrected chi connectivity index (χ0v) is 16.7. The Hall–Kier alpha value is -1.37. The van der Waals surface area contributed by atoms with Crippen LogP contribution in [0.5, 0.6) is 5.75 Å². The van der Waals surface area contributed by atoms with Gasteiger partial charge in [-0.05, 0) is 29.9 Å². The van der Waals surface area contributed by atoms with Crippen LogP contribution in [0.3, 0.4) is 0 Å². The van der Waals surface area contributed by atoms with Crippen molar-refractivity contribution >= 4 is 13.7 Å². The number of aryl methyl sites for hydroxylation is 1. The summed E-state index contributed by atoms with van der Waals surface area (Å²) < 4.78 is 6.19. The minimum atomic E-state index is -1.69. The van der Waals surface area contributed by atoms with Crippen molar-refractivity contribution in [1.29, 1.82) is 0 Å². The summed E-state index contributed by atoms with van der Waals surface area (Å²) in [6.45, 7) is 15.2. The topological polar surface area (TPSA) is 29.5 Å². The lowest BCUT2D eigenvalue weighted by atomic mass is 9.78. The highest BCUT2D eigenvalue weighted by molar-refractivity contribution is 7.55.